The van der Waals surface area contributed by atoms with Crippen molar-refractivity contribution in [3.05, 3.63) is 95.6 Å². The third-order valence-corrected chi connectivity index (χ3v) is 3.97. The zero-order chi connectivity index (χ0) is 20.6. The molecule has 0 atom stereocenters. The molecule has 3 rings (SSSR count). The van der Waals surface area contributed by atoms with Crippen LogP contribution in [-0.4, -0.2) is 29.3 Å². The van der Waals surface area contributed by atoms with Crippen molar-refractivity contribution in [1.29, 1.82) is 0 Å². The molecule has 3 N–H and O–H groups in total. The van der Waals surface area contributed by atoms with Gasteiger partial charge in [0.05, 0.1) is 5.56 Å². The lowest BCUT2D eigenvalue weighted by atomic mass is 10.0. The van der Waals surface area contributed by atoms with Gasteiger partial charge in [-0.2, -0.15) is 0 Å². The Bertz CT molecular complexity index is 1020. The number of hydrogen-bond donors (Lipinski definition) is 3. The number of benzene rings is 3. The molecule has 29 heavy (non-hydrogen) atoms. The standard InChI is InChI=1S/C22H18N2O5/c25-19-13-17(11-12-18(19)21(27)15-7-3-1-4-8-15)29-14-20(26)23-24-22(28)16-9-5-2-6-10-16/h1-13,25H,14H2,(H,23,26)(H,24,28). The van der Waals surface area contributed by atoms with Crippen molar-refractivity contribution in [3.8, 4) is 11.5 Å². The molecular weight excluding hydrogens is 372 g/mol. The van der Waals surface area contributed by atoms with E-state index < -0.39 is 11.8 Å². The fourth-order valence-electron chi connectivity index (χ4n) is 2.51. The highest BCUT2D eigenvalue weighted by Crippen LogP contribution is 2.25. The van der Waals surface area contributed by atoms with E-state index in [1.54, 1.807) is 60.7 Å². The van der Waals surface area contributed by atoms with Crippen LogP contribution in [0.5, 0.6) is 11.5 Å². The Kier molecular flexibility index (Phi) is 6.22. The number of phenolic OH excluding ortho intramolecular Hbond substituents is 1. The Morgan fingerprint density at radius 2 is 1.41 bits per heavy atom. The van der Waals surface area contributed by atoms with Gasteiger partial charge in [-0.15, -0.1) is 0 Å². The van der Waals surface area contributed by atoms with Crippen LogP contribution in [0.15, 0.2) is 78.9 Å². The minimum Gasteiger partial charge on any atom is -0.507 e. The fourth-order valence-corrected chi connectivity index (χ4v) is 2.51. The Balaban J connectivity index is 1.53. The number of hydrazine groups is 1. The molecule has 7 heteroatoms. The number of phenols is 1. The SMILES string of the molecule is O=C(COc1ccc(C(=O)c2ccccc2)c(O)c1)NNC(=O)c1ccccc1. The second-order valence-electron chi connectivity index (χ2n) is 6.03. The summed E-state index contributed by atoms with van der Waals surface area (Å²) in [7, 11) is 0. The summed E-state index contributed by atoms with van der Waals surface area (Å²) in [4.78, 5) is 36.1. The zero-order valence-corrected chi connectivity index (χ0v) is 15.3. The molecule has 3 aromatic rings. The molecule has 0 spiro atoms. The molecule has 0 heterocycles. The molecule has 0 bridgehead atoms. The van der Waals surface area contributed by atoms with Crippen LogP contribution in [0, 0.1) is 0 Å². The van der Waals surface area contributed by atoms with Gasteiger partial charge >= 0.3 is 0 Å². The highest BCUT2D eigenvalue weighted by atomic mass is 16.5. The molecule has 0 saturated heterocycles. The molecule has 146 valence electrons. The lowest BCUT2D eigenvalue weighted by molar-refractivity contribution is -0.123. The van der Waals surface area contributed by atoms with Gasteiger partial charge in [0, 0.05) is 17.2 Å². The predicted octanol–water partition coefficient (Wildman–Crippen LogP) is 2.46. The third kappa shape index (κ3) is 5.20. The Hall–Kier alpha value is -4.13. The summed E-state index contributed by atoms with van der Waals surface area (Å²) in [6.07, 6.45) is 0. The smallest absolute Gasteiger partial charge is 0.276 e. The first-order valence-electron chi connectivity index (χ1n) is 8.74. The van der Waals surface area contributed by atoms with Gasteiger partial charge in [0.25, 0.3) is 11.8 Å². The lowest BCUT2D eigenvalue weighted by Crippen LogP contribution is -2.43. The molecule has 3 aromatic carbocycles. The fraction of sp³-hybridized carbons (Fsp3) is 0.0455. The first kappa shape index (κ1) is 19.6. The van der Waals surface area contributed by atoms with Crippen LogP contribution in [0.2, 0.25) is 0 Å². The second-order valence-corrected chi connectivity index (χ2v) is 6.03. The zero-order valence-electron chi connectivity index (χ0n) is 15.3. The lowest BCUT2D eigenvalue weighted by Gasteiger charge is -2.10. The van der Waals surface area contributed by atoms with Crippen LogP contribution in [-0.2, 0) is 4.79 Å². The summed E-state index contributed by atoms with van der Waals surface area (Å²) in [5.74, 6) is -1.42. The van der Waals surface area contributed by atoms with E-state index in [4.69, 9.17) is 4.74 Å². The average molecular weight is 390 g/mol. The molecule has 0 aliphatic heterocycles. The first-order chi connectivity index (χ1) is 14.0. The van der Waals surface area contributed by atoms with E-state index >= 15 is 0 Å². The van der Waals surface area contributed by atoms with E-state index in [1.807, 2.05) is 0 Å². The number of carbonyl (C=O) groups is 3. The number of ketones is 1. The summed E-state index contributed by atoms with van der Waals surface area (Å²) in [6.45, 7) is -0.388. The molecule has 2 amide bonds. The van der Waals surface area contributed by atoms with Crippen molar-refractivity contribution in [1.82, 2.24) is 10.9 Å². The van der Waals surface area contributed by atoms with Crippen LogP contribution >= 0.6 is 0 Å². The van der Waals surface area contributed by atoms with Crippen LogP contribution < -0.4 is 15.6 Å². The highest BCUT2D eigenvalue weighted by molar-refractivity contribution is 6.10. The number of nitrogens with one attached hydrogen (secondary N) is 2. The number of hydrogen-bond acceptors (Lipinski definition) is 5. The van der Waals surface area contributed by atoms with E-state index in [9.17, 15) is 19.5 Å². The molecule has 0 aliphatic carbocycles. The van der Waals surface area contributed by atoms with Gasteiger partial charge in [0.2, 0.25) is 0 Å². The Morgan fingerprint density at radius 1 is 0.793 bits per heavy atom. The maximum Gasteiger partial charge on any atom is 0.276 e. The van der Waals surface area contributed by atoms with Crippen LogP contribution in [0.25, 0.3) is 0 Å². The predicted molar refractivity (Wildman–Crippen MR) is 106 cm³/mol. The number of rotatable bonds is 6. The summed E-state index contributed by atoms with van der Waals surface area (Å²) in [5, 5.41) is 10.1. The van der Waals surface area contributed by atoms with Crippen molar-refractivity contribution >= 4 is 17.6 Å². The average Bonchev–Trinajstić information content (AvgIpc) is 2.77. The first-order valence-corrected chi connectivity index (χ1v) is 8.74. The van der Waals surface area contributed by atoms with Gasteiger partial charge in [0.1, 0.15) is 11.5 Å². The molecule has 0 aromatic heterocycles. The second kappa shape index (κ2) is 9.18. The quantitative estimate of drug-likeness (QED) is 0.443. The monoisotopic (exact) mass is 390 g/mol. The molecule has 0 saturated carbocycles. The number of aromatic hydroxyl groups is 1. The molecule has 0 fully saturated rings. The minimum absolute atomic E-state index is 0.128. The molecular formula is C22H18N2O5. The summed E-state index contributed by atoms with van der Waals surface area (Å²) >= 11 is 0. The summed E-state index contributed by atoms with van der Waals surface area (Å²) in [5.41, 5.74) is 5.49. The van der Waals surface area contributed by atoms with Gasteiger partial charge in [-0.1, -0.05) is 48.5 Å². The van der Waals surface area contributed by atoms with E-state index in [0.717, 1.165) is 0 Å². The van der Waals surface area contributed by atoms with Gasteiger partial charge in [-0.05, 0) is 24.3 Å². The van der Waals surface area contributed by atoms with E-state index in [0.29, 0.717) is 11.1 Å². The Morgan fingerprint density at radius 3 is 2.03 bits per heavy atom. The number of carbonyl (C=O) groups excluding carboxylic acids is 3. The van der Waals surface area contributed by atoms with Crippen molar-refractivity contribution < 1.29 is 24.2 Å². The van der Waals surface area contributed by atoms with Gasteiger partial charge < -0.3 is 9.84 Å². The molecule has 0 unspecified atom stereocenters. The molecule has 0 radical (unpaired) electrons. The highest BCUT2D eigenvalue weighted by Gasteiger charge is 2.14. The van der Waals surface area contributed by atoms with E-state index in [1.165, 1.54) is 18.2 Å². The maximum atomic E-state index is 12.4. The van der Waals surface area contributed by atoms with Gasteiger partial charge in [0.15, 0.2) is 12.4 Å². The largest absolute Gasteiger partial charge is 0.507 e. The van der Waals surface area contributed by atoms with Gasteiger partial charge in [-0.25, -0.2) is 0 Å². The van der Waals surface area contributed by atoms with Gasteiger partial charge in [-0.3, -0.25) is 25.2 Å². The van der Waals surface area contributed by atoms with Crippen LogP contribution in [0.4, 0.5) is 0 Å². The normalized spacial score (nSPS) is 10.1. The third-order valence-electron chi connectivity index (χ3n) is 3.97. The minimum atomic E-state index is -0.585. The molecule has 7 nitrogen and oxygen atoms in total. The van der Waals surface area contributed by atoms with Crippen molar-refractivity contribution in [2.75, 3.05) is 6.61 Å². The summed E-state index contributed by atoms with van der Waals surface area (Å²) in [6, 6.07) is 21.1. The number of amides is 2. The topological polar surface area (TPSA) is 105 Å². The van der Waals surface area contributed by atoms with Crippen LogP contribution in [0.1, 0.15) is 26.3 Å². The summed E-state index contributed by atoms with van der Waals surface area (Å²) < 4.78 is 5.29. The van der Waals surface area contributed by atoms with Crippen molar-refractivity contribution in [2.45, 2.75) is 0 Å². The maximum absolute atomic E-state index is 12.4. The van der Waals surface area contributed by atoms with E-state index in [-0.39, 0.29) is 29.5 Å². The van der Waals surface area contributed by atoms with E-state index in [2.05, 4.69) is 10.9 Å². The van der Waals surface area contributed by atoms with Crippen molar-refractivity contribution in [2.24, 2.45) is 0 Å². The number of ether oxygens (including phenoxy) is 1. The Labute approximate surface area is 166 Å². The van der Waals surface area contributed by atoms with Crippen molar-refractivity contribution in [3.63, 3.8) is 0 Å². The van der Waals surface area contributed by atoms with Crippen LogP contribution in [0.3, 0.4) is 0 Å². The molecule has 0 aliphatic rings.